The topological polar surface area (TPSA) is 39.9 Å². The minimum Gasteiger partial charge on any atom is -0.353 e. The van der Waals surface area contributed by atoms with E-state index in [0.717, 1.165) is 18.3 Å². The Kier molecular flexibility index (Phi) is 2.72. The predicted molar refractivity (Wildman–Crippen MR) is 66.7 cm³/mol. The van der Waals surface area contributed by atoms with E-state index in [9.17, 15) is 0 Å². The van der Waals surface area contributed by atoms with Crippen LogP contribution in [-0.4, -0.2) is 17.6 Å². The lowest BCUT2D eigenvalue weighted by Gasteiger charge is -2.32. The lowest BCUT2D eigenvalue weighted by Crippen LogP contribution is -2.35. The number of pyridine rings is 1. The molecule has 0 N–H and O–H groups in total. The molecule has 88 valence electrons. The molecule has 2 heterocycles. The molecule has 3 rings (SSSR count). The molecular formula is C14H17N3. The number of hydrogen-bond acceptors (Lipinski definition) is 3. The fraction of sp³-hybridized carbons (Fsp3) is 0.571. The van der Waals surface area contributed by atoms with Crippen LogP contribution in [0.15, 0.2) is 18.3 Å². The van der Waals surface area contributed by atoms with E-state index in [0.29, 0.717) is 11.6 Å². The molecule has 1 aliphatic heterocycles. The molecule has 2 aliphatic rings. The Bertz CT molecular complexity index is 449. The first-order valence-corrected chi connectivity index (χ1v) is 6.51. The molecule has 3 heteroatoms. The Morgan fingerprint density at radius 1 is 1.29 bits per heavy atom. The molecule has 2 fully saturated rings. The average Bonchev–Trinajstić information content (AvgIpc) is 2.82. The number of nitrogens with zero attached hydrogens (tertiary/aromatic N) is 3. The molecule has 0 spiro atoms. The van der Waals surface area contributed by atoms with Crippen molar-refractivity contribution < 1.29 is 0 Å². The van der Waals surface area contributed by atoms with Crippen molar-refractivity contribution in [2.24, 2.45) is 5.92 Å². The van der Waals surface area contributed by atoms with Crippen LogP contribution in [0.4, 0.5) is 5.82 Å². The van der Waals surface area contributed by atoms with E-state index in [1.165, 1.54) is 32.1 Å². The van der Waals surface area contributed by atoms with E-state index in [2.05, 4.69) is 16.0 Å². The van der Waals surface area contributed by atoms with Crippen molar-refractivity contribution in [2.75, 3.05) is 11.4 Å². The smallest absolute Gasteiger partial charge is 0.130 e. The molecule has 17 heavy (non-hydrogen) atoms. The average molecular weight is 227 g/mol. The summed E-state index contributed by atoms with van der Waals surface area (Å²) in [4.78, 5) is 6.86. The zero-order chi connectivity index (χ0) is 11.7. The molecule has 0 unspecified atom stereocenters. The van der Waals surface area contributed by atoms with Crippen molar-refractivity contribution in [3.05, 3.63) is 23.9 Å². The Morgan fingerprint density at radius 3 is 3.06 bits per heavy atom. The van der Waals surface area contributed by atoms with Gasteiger partial charge in [-0.25, -0.2) is 4.98 Å². The van der Waals surface area contributed by atoms with Gasteiger partial charge in [0.25, 0.3) is 0 Å². The van der Waals surface area contributed by atoms with Crippen LogP contribution in [-0.2, 0) is 0 Å². The first-order valence-electron chi connectivity index (χ1n) is 6.51. The maximum absolute atomic E-state index is 8.94. The van der Waals surface area contributed by atoms with Crippen molar-refractivity contribution in [1.82, 2.24) is 4.98 Å². The van der Waals surface area contributed by atoms with Crippen LogP contribution in [0.3, 0.4) is 0 Å². The van der Waals surface area contributed by atoms with E-state index in [-0.39, 0.29) is 0 Å². The van der Waals surface area contributed by atoms with Crippen LogP contribution in [0.1, 0.15) is 37.7 Å². The first-order chi connectivity index (χ1) is 8.38. The molecule has 1 aromatic heterocycles. The van der Waals surface area contributed by atoms with E-state index in [1.54, 1.807) is 12.3 Å². The Balaban J connectivity index is 1.86. The highest BCUT2D eigenvalue weighted by molar-refractivity contribution is 5.47. The number of rotatable bonds is 1. The second kappa shape index (κ2) is 4.37. The summed E-state index contributed by atoms with van der Waals surface area (Å²) in [5, 5.41) is 8.94. The highest BCUT2D eigenvalue weighted by Gasteiger charge is 2.36. The summed E-state index contributed by atoms with van der Waals surface area (Å²) < 4.78 is 0. The molecule has 0 radical (unpaired) electrons. The standard InChI is InChI=1S/C14H17N3/c15-10-11-5-7-16-14(9-11)17-8-6-12-3-1-2-4-13(12)17/h5,7,9,12-13H,1-4,6,8H2/t12-,13-/m0/s1. The van der Waals surface area contributed by atoms with E-state index >= 15 is 0 Å². The second-order valence-electron chi connectivity index (χ2n) is 5.11. The summed E-state index contributed by atoms with van der Waals surface area (Å²) in [6.07, 6.45) is 8.45. The van der Waals surface area contributed by atoms with Gasteiger partial charge in [0.1, 0.15) is 5.82 Å². The summed E-state index contributed by atoms with van der Waals surface area (Å²) >= 11 is 0. The molecule has 1 aromatic rings. The second-order valence-corrected chi connectivity index (χ2v) is 5.11. The van der Waals surface area contributed by atoms with Gasteiger partial charge in [-0.1, -0.05) is 12.8 Å². The van der Waals surface area contributed by atoms with Gasteiger partial charge < -0.3 is 4.90 Å². The van der Waals surface area contributed by atoms with Gasteiger partial charge in [-0.05, 0) is 37.3 Å². The normalized spacial score (nSPS) is 27.6. The minimum absolute atomic E-state index is 0.671. The summed E-state index contributed by atoms with van der Waals surface area (Å²) in [6, 6.07) is 6.57. The van der Waals surface area contributed by atoms with Crippen molar-refractivity contribution in [1.29, 1.82) is 5.26 Å². The van der Waals surface area contributed by atoms with Crippen LogP contribution in [0.2, 0.25) is 0 Å². The molecule has 0 amide bonds. The number of aromatic nitrogens is 1. The maximum Gasteiger partial charge on any atom is 0.130 e. The lowest BCUT2D eigenvalue weighted by molar-refractivity contribution is 0.341. The third kappa shape index (κ3) is 1.88. The van der Waals surface area contributed by atoms with Gasteiger partial charge in [0.05, 0.1) is 11.6 Å². The Hall–Kier alpha value is -1.56. The molecule has 3 nitrogen and oxygen atoms in total. The SMILES string of the molecule is N#Cc1ccnc(N2CC[C@@H]3CCCC[C@@H]32)c1. The third-order valence-corrected chi connectivity index (χ3v) is 4.18. The van der Waals surface area contributed by atoms with Gasteiger partial charge in [-0.15, -0.1) is 0 Å². The molecule has 2 atom stereocenters. The molecule has 1 aliphatic carbocycles. The zero-order valence-corrected chi connectivity index (χ0v) is 9.97. The van der Waals surface area contributed by atoms with Crippen LogP contribution in [0.25, 0.3) is 0 Å². The monoisotopic (exact) mass is 227 g/mol. The molecule has 1 saturated carbocycles. The van der Waals surface area contributed by atoms with Gasteiger partial charge in [-0.2, -0.15) is 5.26 Å². The van der Waals surface area contributed by atoms with Gasteiger partial charge in [0.15, 0.2) is 0 Å². The van der Waals surface area contributed by atoms with Crippen LogP contribution in [0, 0.1) is 17.2 Å². The van der Waals surface area contributed by atoms with Gasteiger partial charge >= 0.3 is 0 Å². The fourth-order valence-corrected chi connectivity index (χ4v) is 3.34. The minimum atomic E-state index is 0.671. The zero-order valence-electron chi connectivity index (χ0n) is 9.97. The molecule has 1 saturated heterocycles. The summed E-state index contributed by atoms with van der Waals surface area (Å²) in [5.74, 6) is 1.86. The van der Waals surface area contributed by atoms with Crippen LogP contribution < -0.4 is 4.90 Å². The van der Waals surface area contributed by atoms with Crippen molar-refractivity contribution in [3.8, 4) is 6.07 Å². The molecular weight excluding hydrogens is 210 g/mol. The maximum atomic E-state index is 8.94. The molecule has 0 bridgehead atoms. The summed E-state index contributed by atoms with van der Waals surface area (Å²) in [7, 11) is 0. The number of hydrogen-bond donors (Lipinski definition) is 0. The summed E-state index contributed by atoms with van der Waals surface area (Å²) in [6.45, 7) is 1.11. The van der Waals surface area contributed by atoms with Gasteiger partial charge in [-0.3, -0.25) is 0 Å². The van der Waals surface area contributed by atoms with Crippen molar-refractivity contribution >= 4 is 5.82 Å². The Labute approximate surface area is 102 Å². The van der Waals surface area contributed by atoms with Crippen LogP contribution >= 0.6 is 0 Å². The Morgan fingerprint density at radius 2 is 2.18 bits per heavy atom. The lowest BCUT2D eigenvalue weighted by atomic mass is 9.85. The largest absolute Gasteiger partial charge is 0.353 e. The fourth-order valence-electron chi connectivity index (χ4n) is 3.34. The summed E-state index contributed by atoms with van der Waals surface area (Å²) in [5.41, 5.74) is 0.717. The van der Waals surface area contributed by atoms with E-state index < -0.39 is 0 Å². The highest BCUT2D eigenvalue weighted by Crippen LogP contribution is 2.38. The molecule has 0 aromatic carbocycles. The number of nitriles is 1. The van der Waals surface area contributed by atoms with E-state index in [1.807, 2.05) is 6.07 Å². The van der Waals surface area contributed by atoms with Gasteiger partial charge in [0.2, 0.25) is 0 Å². The van der Waals surface area contributed by atoms with Crippen LogP contribution in [0.5, 0.6) is 0 Å². The first kappa shape index (κ1) is 10.6. The highest BCUT2D eigenvalue weighted by atomic mass is 15.2. The van der Waals surface area contributed by atoms with E-state index in [4.69, 9.17) is 5.26 Å². The number of fused-ring (bicyclic) bond motifs is 1. The predicted octanol–water partition coefficient (Wildman–Crippen LogP) is 2.72. The quantitative estimate of drug-likeness (QED) is 0.740. The number of anilines is 1. The third-order valence-electron chi connectivity index (χ3n) is 4.18. The van der Waals surface area contributed by atoms with Crippen molar-refractivity contribution in [3.63, 3.8) is 0 Å². The van der Waals surface area contributed by atoms with Crippen molar-refractivity contribution in [2.45, 2.75) is 38.1 Å². The van der Waals surface area contributed by atoms with Gasteiger partial charge in [0, 0.05) is 18.8 Å².